The molecule has 0 fully saturated rings. The minimum atomic E-state index is -0.489. The van der Waals surface area contributed by atoms with E-state index in [0.717, 1.165) is 0 Å². The third-order valence-electron chi connectivity index (χ3n) is 2.38. The Balaban J connectivity index is 0.000000491. The normalized spacial score (nSPS) is 9.19. The number of non-ortho nitro benzene ring substituents is 1. The number of benzene rings is 2. The molecule has 0 aromatic heterocycles. The molecule has 0 heterocycles. The van der Waals surface area contributed by atoms with Crippen LogP contribution >= 0.6 is 24.8 Å². The van der Waals surface area contributed by atoms with Crippen LogP contribution in [-0.2, 0) is 0 Å². The summed E-state index contributed by atoms with van der Waals surface area (Å²) in [5.41, 5.74) is 5.70. The van der Waals surface area contributed by atoms with Gasteiger partial charge in [0.1, 0.15) is 4.32 Å². The van der Waals surface area contributed by atoms with Gasteiger partial charge in [-0.05, 0) is 12.1 Å². The first kappa shape index (κ1) is 16.8. The number of nitro benzene ring substituents is 1. The van der Waals surface area contributed by atoms with Gasteiger partial charge in [0.05, 0.1) is 4.92 Å². The highest BCUT2D eigenvalue weighted by Crippen LogP contribution is 2.15. The highest BCUT2D eigenvalue weighted by molar-refractivity contribution is 8.10. The van der Waals surface area contributed by atoms with E-state index in [0.29, 0.717) is 11.1 Å². The van der Waals surface area contributed by atoms with Crippen molar-refractivity contribution in [3.63, 3.8) is 0 Å². The van der Waals surface area contributed by atoms with Gasteiger partial charge in [-0.15, -0.1) is 12.6 Å². The summed E-state index contributed by atoms with van der Waals surface area (Å²) in [5.74, 6) is -0.138. The maximum absolute atomic E-state index is 12.0. The van der Waals surface area contributed by atoms with E-state index in [2.05, 4.69) is 24.8 Å². The Bertz CT molecular complexity index is 639. The second-order valence-corrected chi connectivity index (χ2v) is 5.06. The van der Waals surface area contributed by atoms with Gasteiger partial charge in [-0.25, -0.2) is 0 Å². The zero-order valence-electron chi connectivity index (χ0n) is 10.8. The first-order chi connectivity index (χ1) is 9.91. The molecule has 0 unspecified atom stereocenters. The van der Waals surface area contributed by atoms with E-state index in [1.807, 2.05) is 6.07 Å². The molecule has 2 rings (SSSR count). The van der Waals surface area contributed by atoms with Crippen molar-refractivity contribution in [1.29, 1.82) is 0 Å². The van der Waals surface area contributed by atoms with Crippen LogP contribution in [-0.4, -0.2) is 15.0 Å². The molecule has 0 spiro atoms. The summed E-state index contributed by atoms with van der Waals surface area (Å²) in [7, 11) is 0. The van der Waals surface area contributed by atoms with Crippen molar-refractivity contribution in [2.24, 2.45) is 5.73 Å². The standard InChI is InChI=1S/C13H9NO3.CH3NS2/c15-13(10-4-2-1-3-5-10)11-6-8-12(9-7-11)14(16)17;2-1(3)4/h1-9H;(H3,2,3,4). The quantitative estimate of drug-likeness (QED) is 0.298. The Kier molecular flexibility index (Phi) is 6.51. The SMILES string of the molecule is NC(=S)S.O=C(c1ccccc1)c1ccc([N+](=O)[O-])cc1. The van der Waals surface area contributed by atoms with Crippen LogP contribution in [0.1, 0.15) is 15.9 Å². The van der Waals surface area contributed by atoms with Gasteiger partial charge >= 0.3 is 0 Å². The highest BCUT2D eigenvalue weighted by Gasteiger charge is 2.10. The van der Waals surface area contributed by atoms with Crippen LogP contribution in [0.25, 0.3) is 0 Å². The number of carbonyl (C=O) groups is 1. The molecule has 0 aliphatic carbocycles. The summed E-state index contributed by atoms with van der Waals surface area (Å²) < 4.78 is 0.194. The molecule has 0 radical (unpaired) electrons. The number of hydrogen-bond acceptors (Lipinski definition) is 4. The van der Waals surface area contributed by atoms with Gasteiger partial charge in [-0.2, -0.15) is 0 Å². The van der Waals surface area contributed by atoms with Crippen LogP contribution in [0.2, 0.25) is 0 Å². The first-order valence-electron chi connectivity index (χ1n) is 5.74. The number of hydrogen-bond donors (Lipinski definition) is 2. The number of thiol groups is 1. The van der Waals surface area contributed by atoms with E-state index in [9.17, 15) is 14.9 Å². The van der Waals surface area contributed by atoms with Crippen LogP contribution in [0.4, 0.5) is 5.69 Å². The topological polar surface area (TPSA) is 86.2 Å². The van der Waals surface area contributed by atoms with Crippen LogP contribution in [0.15, 0.2) is 54.6 Å². The average Bonchev–Trinajstić information content (AvgIpc) is 2.47. The molecule has 21 heavy (non-hydrogen) atoms. The predicted molar refractivity (Wildman–Crippen MR) is 88.7 cm³/mol. The number of nitrogens with two attached hydrogens (primary N) is 1. The molecule has 2 aromatic rings. The van der Waals surface area contributed by atoms with E-state index < -0.39 is 4.92 Å². The Labute approximate surface area is 132 Å². The second-order valence-electron chi connectivity index (χ2n) is 3.84. The minimum absolute atomic E-state index is 0.0189. The number of thiocarbonyl (C=S) groups is 1. The second kappa shape index (κ2) is 8.13. The Hall–Kier alpha value is -2.25. The molecule has 108 valence electrons. The molecule has 0 saturated carbocycles. The van der Waals surface area contributed by atoms with Crippen molar-refractivity contribution >= 4 is 40.6 Å². The fraction of sp³-hybridized carbons (Fsp3) is 0. The van der Waals surface area contributed by atoms with Gasteiger partial charge in [0.25, 0.3) is 5.69 Å². The molecule has 0 bridgehead atoms. The molecule has 0 atom stereocenters. The molecule has 0 aliphatic heterocycles. The molecule has 0 aliphatic rings. The lowest BCUT2D eigenvalue weighted by molar-refractivity contribution is -0.384. The van der Waals surface area contributed by atoms with E-state index in [-0.39, 0.29) is 15.8 Å². The smallest absolute Gasteiger partial charge is 0.269 e. The summed E-state index contributed by atoms with van der Waals surface area (Å²) in [6, 6.07) is 14.4. The third-order valence-corrected chi connectivity index (χ3v) is 2.38. The first-order valence-corrected chi connectivity index (χ1v) is 6.60. The number of rotatable bonds is 3. The maximum Gasteiger partial charge on any atom is 0.269 e. The summed E-state index contributed by atoms with van der Waals surface area (Å²) in [5, 5.41) is 10.5. The molecular formula is C14H12N2O3S2. The number of nitro groups is 1. The number of carbonyl (C=O) groups excluding carboxylic acids is 1. The van der Waals surface area contributed by atoms with Gasteiger partial charge in [0, 0.05) is 23.3 Å². The fourth-order valence-electron chi connectivity index (χ4n) is 1.49. The summed E-state index contributed by atoms with van der Waals surface area (Å²) in [6.45, 7) is 0. The van der Waals surface area contributed by atoms with E-state index in [1.54, 1.807) is 24.3 Å². The van der Waals surface area contributed by atoms with Crippen molar-refractivity contribution in [2.45, 2.75) is 0 Å². The van der Waals surface area contributed by atoms with Gasteiger partial charge in [0.15, 0.2) is 5.78 Å². The Morgan fingerprint density at radius 3 is 1.90 bits per heavy atom. The zero-order chi connectivity index (χ0) is 15.8. The van der Waals surface area contributed by atoms with Gasteiger partial charge in [-0.3, -0.25) is 14.9 Å². The molecular weight excluding hydrogens is 308 g/mol. The van der Waals surface area contributed by atoms with Crippen molar-refractivity contribution in [2.75, 3.05) is 0 Å². The van der Waals surface area contributed by atoms with Crippen LogP contribution in [0.5, 0.6) is 0 Å². The number of ketones is 1. The molecule has 5 nitrogen and oxygen atoms in total. The molecule has 2 N–H and O–H groups in total. The molecule has 0 saturated heterocycles. The summed E-state index contributed by atoms with van der Waals surface area (Å²) in [6.07, 6.45) is 0. The number of nitrogens with zero attached hydrogens (tertiary/aromatic N) is 1. The van der Waals surface area contributed by atoms with Gasteiger partial charge < -0.3 is 5.73 Å². The predicted octanol–water partition coefficient (Wildman–Crippen LogP) is 2.99. The largest absolute Gasteiger partial charge is 0.385 e. The fourth-order valence-corrected chi connectivity index (χ4v) is 1.49. The summed E-state index contributed by atoms with van der Waals surface area (Å²) >= 11 is 7.65. The van der Waals surface area contributed by atoms with Crippen LogP contribution in [0, 0.1) is 10.1 Å². The van der Waals surface area contributed by atoms with Crippen LogP contribution in [0.3, 0.4) is 0 Å². The Morgan fingerprint density at radius 2 is 1.48 bits per heavy atom. The lowest BCUT2D eigenvalue weighted by atomic mass is 10.0. The van der Waals surface area contributed by atoms with Gasteiger partial charge in [0.2, 0.25) is 0 Å². The van der Waals surface area contributed by atoms with E-state index in [4.69, 9.17) is 5.73 Å². The van der Waals surface area contributed by atoms with E-state index >= 15 is 0 Å². The van der Waals surface area contributed by atoms with Crippen molar-refractivity contribution < 1.29 is 9.72 Å². The lowest BCUT2D eigenvalue weighted by Gasteiger charge is -2.00. The van der Waals surface area contributed by atoms with Gasteiger partial charge in [-0.1, -0.05) is 42.5 Å². The third kappa shape index (κ3) is 5.72. The Morgan fingerprint density at radius 1 is 1.05 bits per heavy atom. The molecule has 7 heteroatoms. The maximum atomic E-state index is 12.0. The van der Waals surface area contributed by atoms with E-state index in [1.165, 1.54) is 24.3 Å². The van der Waals surface area contributed by atoms with Crippen LogP contribution < -0.4 is 5.73 Å². The van der Waals surface area contributed by atoms with Crippen molar-refractivity contribution in [3.8, 4) is 0 Å². The monoisotopic (exact) mass is 320 g/mol. The highest BCUT2D eigenvalue weighted by atomic mass is 32.1. The van der Waals surface area contributed by atoms with Crippen molar-refractivity contribution in [3.05, 3.63) is 75.8 Å². The average molecular weight is 320 g/mol. The summed E-state index contributed by atoms with van der Waals surface area (Å²) in [4.78, 5) is 21.9. The lowest BCUT2D eigenvalue weighted by Crippen LogP contribution is -2.00. The molecule has 2 aromatic carbocycles. The minimum Gasteiger partial charge on any atom is -0.385 e. The zero-order valence-corrected chi connectivity index (χ0v) is 12.5. The van der Waals surface area contributed by atoms with Crippen molar-refractivity contribution in [1.82, 2.24) is 0 Å². The molecule has 0 amide bonds.